The van der Waals surface area contributed by atoms with Crippen molar-refractivity contribution >= 4 is 31.3 Å². The molecule has 0 fully saturated rings. The summed E-state index contributed by atoms with van der Waals surface area (Å²) in [6.45, 7) is 6.92. The topological polar surface area (TPSA) is 0 Å². The van der Waals surface area contributed by atoms with Gasteiger partial charge in [-0.1, -0.05) is 129 Å². The second-order valence-electron chi connectivity index (χ2n) is 8.53. The van der Waals surface area contributed by atoms with Crippen LogP contribution in [-0.2, 0) is 11.8 Å². The molecule has 0 aromatic carbocycles. The molecule has 0 aliphatic heterocycles. The molecule has 0 aromatic heterocycles. The minimum Gasteiger partial charge on any atom is -0.0975 e. The van der Waals surface area contributed by atoms with Crippen molar-refractivity contribution in [2.75, 3.05) is 18.5 Å². The van der Waals surface area contributed by atoms with Crippen molar-refractivity contribution in [1.82, 2.24) is 0 Å². The fourth-order valence-corrected chi connectivity index (χ4v) is 8.11. The van der Waals surface area contributed by atoms with Crippen LogP contribution in [0, 0.1) is 0 Å². The first-order valence-corrected chi connectivity index (χ1v) is 15.6. The molecule has 0 saturated heterocycles. The summed E-state index contributed by atoms with van der Waals surface area (Å²) in [7, 11) is 0. The number of unbranched alkanes of at least 4 members (excludes halogenated alkanes) is 15. The highest BCUT2D eigenvalue weighted by molar-refractivity contribution is 8.14. The molecule has 3 heteroatoms. The van der Waals surface area contributed by atoms with Gasteiger partial charge in [-0.25, -0.2) is 0 Å². The van der Waals surface area contributed by atoms with E-state index in [2.05, 4.69) is 20.8 Å². The Morgan fingerprint density at radius 3 is 0.889 bits per heavy atom. The summed E-state index contributed by atoms with van der Waals surface area (Å²) < 4.78 is 0. The van der Waals surface area contributed by atoms with Crippen LogP contribution in [0.2, 0.25) is 0 Å². The van der Waals surface area contributed by atoms with E-state index < -0.39 is 6.04 Å². The molecule has 0 aliphatic rings. The summed E-state index contributed by atoms with van der Waals surface area (Å²) in [5.74, 6) is 0. The molecule has 0 amide bonds. The number of hydrogen-bond acceptors (Lipinski definition) is 1. The molecule has 0 aromatic rings. The van der Waals surface area contributed by atoms with Crippen LogP contribution < -0.4 is 0 Å². The Bertz CT molecular complexity index is 270. The van der Waals surface area contributed by atoms with Crippen LogP contribution in [0.1, 0.15) is 136 Å². The Morgan fingerprint density at radius 2 is 0.630 bits per heavy atom. The Labute approximate surface area is 185 Å². The largest absolute Gasteiger partial charge is 0.0975 e. The minimum atomic E-state index is -1.05. The van der Waals surface area contributed by atoms with Crippen molar-refractivity contribution in [3.63, 3.8) is 0 Å². The molecule has 164 valence electrons. The molecule has 0 nitrogen and oxygen atoms in total. The summed E-state index contributed by atoms with van der Waals surface area (Å²) in [5.41, 5.74) is 0. The lowest BCUT2D eigenvalue weighted by Gasteiger charge is -2.22. The monoisotopic (exact) mass is 434 g/mol. The van der Waals surface area contributed by atoms with Crippen LogP contribution in [0.25, 0.3) is 0 Å². The maximum Gasteiger partial charge on any atom is 0 e. The summed E-state index contributed by atoms with van der Waals surface area (Å²) in [5, 5.41) is 0. The molecule has 0 rings (SSSR count). The van der Waals surface area contributed by atoms with Crippen molar-refractivity contribution in [3.8, 4) is 0 Å². The van der Waals surface area contributed by atoms with Crippen LogP contribution in [-0.4, -0.2) is 18.5 Å². The minimum absolute atomic E-state index is 0. The zero-order valence-corrected chi connectivity index (χ0v) is 21.6. The first kappa shape index (κ1) is 30.2. The fraction of sp³-hybridized carbons (Fsp3) is 1.00. The van der Waals surface area contributed by atoms with Crippen LogP contribution in [0.15, 0.2) is 0 Å². The lowest BCUT2D eigenvalue weighted by molar-refractivity contribution is 0.617. The van der Waals surface area contributed by atoms with E-state index in [-0.39, 0.29) is 13.5 Å². The molecule has 0 atom stereocenters. The first-order chi connectivity index (χ1) is 12.7. The highest BCUT2D eigenvalue weighted by Gasteiger charge is 2.16. The molecule has 2 radical (unpaired) electrons. The second-order valence-corrected chi connectivity index (χ2v) is 14.3. The zero-order chi connectivity index (χ0) is 19.3. The van der Waals surface area contributed by atoms with Gasteiger partial charge in [0.15, 0.2) is 0 Å². The van der Waals surface area contributed by atoms with Crippen molar-refractivity contribution in [2.45, 2.75) is 136 Å². The molecular weight excluding hydrogens is 383 g/mol. The van der Waals surface area contributed by atoms with E-state index in [1.165, 1.54) is 134 Å². The normalized spacial score (nSPS) is 11.5. The predicted molar refractivity (Wildman–Crippen MR) is 137 cm³/mol. The van der Waals surface area contributed by atoms with Crippen LogP contribution >= 0.6 is 19.5 Å². The Balaban J connectivity index is 0. The zero-order valence-electron chi connectivity index (χ0n) is 19.1. The maximum absolute atomic E-state index is 6.32. The van der Waals surface area contributed by atoms with E-state index in [0.717, 1.165) is 0 Å². The molecule has 0 N–H and O–H groups in total. The Kier molecular flexibility index (Phi) is 26.0. The van der Waals surface area contributed by atoms with Gasteiger partial charge in [0, 0.05) is 13.5 Å². The van der Waals surface area contributed by atoms with Gasteiger partial charge in [-0.2, -0.15) is 0 Å². The second kappa shape index (κ2) is 23.3. The van der Waals surface area contributed by atoms with Crippen molar-refractivity contribution in [1.29, 1.82) is 0 Å². The van der Waals surface area contributed by atoms with Crippen LogP contribution in [0.3, 0.4) is 0 Å². The smallest absolute Gasteiger partial charge is 0 e. The van der Waals surface area contributed by atoms with Gasteiger partial charge >= 0.3 is 0 Å². The van der Waals surface area contributed by atoms with Gasteiger partial charge in [0.1, 0.15) is 0 Å². The van der Waals surface area contributed by atoms with E-state index in [1.807, 2.05) is 0 Å². The fourth-order valence-electron chi connectivity index (χ4n) is 3.88. The van der Waals surface area contributed by atoms with E-state index in [4.69, 9.17) is 11.8 Å². The highest BCUT2D eigenvalue weighted by Crippen LogP contribution is 2.49. The van der Waals surface area contributed by atoms with E-state index >= 15 is 0 Å². The summed E-state index contributed by atoms with van der Waals surface area (Å²) in [4.78, 5) is 0. The molecule has 0 unspecified atom stereocenters. The SMILES string of the molecule is CCCCCCCCP(=S)(CCCCCCCC)CCCCCCCC.[S]. The average molecular weight is 435 g/mol. The molecule has 0 saturated carbocycles. The Hall–Kier alpha value is 1.00. The van der Waals surface area contributed by atoms with E-state index in [9.17, 15) is 0 Å². The third kappa shape index (κ3) is 21.5. The van der Waals surface area contributed by atoms with Gasteiger partial charge in [0.25, 0.3) is 0 Å². The van der Waals surface area contributed by atoms with Gasteiger partial charge in [0.2, 0.25) is 0 Å². The highest BCUT2D eigenvalue weighted by atomic mass is 32.4. The van der Waals surface area contributed by atoms with Gasteiger partial charge in [0.05, 0.1) is 0 Å². The number of rotatable bonds is 21. The summed E-state index contributed by atoms with van der Waals surface area (Å²) >= 11 is 6.32. The molecule has 0 spiro atoms. The molecule has 0 aliphatic carbocycles. The molecule has 0 heterocycles. The van der Waals surface area contributed by atoms with Crippen molar-refractivity contribution in [3.05, 3.63) is 0 Å². The van der Waals surface area contributed by atoms with Gasteiger partial charge in [-0.3, -0.25) is 0 Å². The lowest BCUT2D eigenvalue weighted by atomic mass is 10.1. The standard InChI is InChI=1S/C24H51PS.S/c1-4-7-10-13-16-19-22-25(26,23-20-17-14-11-8-5-2)24-21-18-15-12-9-6-3;/h4-24H2,1-3H3;. The Morgan fingerprint density at radius 1 is 0.407 bits per heavy atom. The lowest BCUT2D eigenvalue weighted by Crippen LogP contribution is -2.01. The van der Waals surface area contributed by atoms with Crippen LogP contribution in [0.4, 0.5) is 0 Å². The predicted octanol–water partition coefficient (Wildman–Crippen LogP) is 10.2. The third-order valence-corrected chi connectivity index (χ3v) is 10.8. The summed E-state index contributed by atoms with van der Waals surface area (Å²) in [6.07, 6.45) is 29.8. The average Bonchev–Trinajstić information content (AvgIpc) is 2.64. The van der Waals surface area contributed by atoms with Crippen molar-refractivity contribution in [2.24, 2.45) is 0 Å². The molecule has 0 bridgehead atoms. The maximum atomic E-state index is 6.32. The van der Waals surface area contributed by atoms with E-state index in [0.29, 0.717) is 0 Å². The van der Waals surface area contributed by atoms with Gasteiger partial charge < -0.3 is 0 Å². The van der Waals surface area contributed by atoms with Crippen molar-refractivity contribution < 1.29 is 0 Å². The first-order valence-electron chi connectivity index (χ1n) is 12.3. The van der Waals surface area contributed by atoms with Crippen LogP contribution in [0.5, 0.6) is 0 Å². The summed E-state index contributed by atoms with van der Waals surface area (Å²) in [6, 6.07) is -1.05. The van der Waals surface area contributed by atoms with Gasteiger partial charge in [-0.15, -0.1) is 0 Å². The quantitative estimate of drug-likeness (QED) is 0.128. The molecule has 27 heavy (non-hydrogen) atoms. The van der Waals surface area contributed by atoms with E-state index in [1.54, 1.807) is 0 Å². The molecular formula is C24H51PS2. The van der Waals surface area contributed by atoms with Gasteiger partial charge in [-0.05, 0) is 43.8 Å². The number of hydrogen-bond donors (Lipinski definition) is 0. The third-order valence-electron chi connectivity index (χ3n) is 5.76.